The molecule has 0 unspecified atom stereocenters. The van der Waals surface area contributed by atoms with Crippen molar-refractivity contribution in [2.24, 2.45) is 0 Å². The first kappa shape index (κ1) is 10.4. The zero-order chi connectivity index (χ0) is 10.8. The highest BCUT2D eigenvalue weighted by Gasteiger charge is 2.09. The molecule has 0 amide bonds. The number of benzene rings is 1. The Hall–Kier alpha value is -1.12. The number of halogens is 2. The van der Waals surface area contributed by atoms with E-state index in [0.717, 1.165) is 11.1 Å². The second-order valence-corrected chi connectivity index (χ2v) is 3.94. The Morgan fingerprint density at radius 3 is 2.53 bits per heavy atom. The van der Waals surface area contributed by atoms with Crippen LogP contribution in [-0.2, 0) is 0 Å². The molecule has 4 heteroatoms. The zero-order valence-corrected chi connectivity index (χ0v) is 9.55. The molecule has 2 rings (SSSR count). The van der Waals surface area contributed by atoms with Crippen LogP contribution < -0.4 is 0 Å². The molecular formula is C11H8Cl2N2. The molecule has 1 heterocycles. The number of aryl methyl sites for hydroxylation is 1. The van der Waals surface area contributed by atoms with Gasteiger partial charge in [0, 0.05) is 18.0 Å². The van der Waals surface area contributed by atoms with Gasteiger partial charge in [-0.05, 0) is 19.1 Å². The Labute approximate surface area is 97.9 Å². The summed E-state index contributed by atoms with van der Waals surface area (Å²) in [4.78, 5) is 8.14. The van der Waals surface area contributed by atoms with E-state index in [1.807, 2.05) is 25.1 Å². The summed E-state index contributed by atoms with van der Waals surface area (Å²) in [6.45, 7) is 1.99. The Kier molecular flexibility index (Phi) is 2.89. The number of rotatable bonds is 1. The molecule has 0 spiro atoms. The quantitative estimate of drug-likeness (QED) is 0.757. The predicted molar refractivity (Wildman–Crippen MR) is 62.2 cm³/mol. The maximum Gasteiger partial charge on any atom is 0.155 e. The summed E-state index contributed by atoms with van der Waals surface area (Å²) in [5.74, 6) is 0. The third-order valence-corrected chi connectivity index (χ3v) is 2.64. The molecule has 1 aromatic heterocycles. The number of aromatic nitrogens is 2. The van der Waals surface area contributed by atoms with E-state index in [0.29, 0.717) is 15.9 Å². The number of nitrogens with zero attached hydrogens (tertiary/aromatic N) is 2. The van der Waals surface area contributed by atoms with E-state index in [-0.39, 0.29) is 0 Å². The average Bonchev–Trinajstić information content (AvgIpc) is 2.23. The van der Waals surface area contributed by atoms with Crippen molar-refractivity contribution in [2.45, 2.75) is 6.92 Å². The molecule has 0 N–H and O–H groups in total. The molecule has 0 bridgehead atoms. The van der Waals surface area contributed by atoms with Crippen LogP contribution in [0.3, 0.4) is 0 Å². The van der Waals surface area contributed by atoms with Crippen molar-refractivity contribution in [3.63, 3.8) is 0 Å². The van der Waals surface area contributed by atoms with Crippen molar-refractivity contribution < 1.29 is 0 Å². The summed E-state index contributed by atoms with van der Waals surface area (Å²) >= 11 is 12.0. The van der Waals surface area contributed by atoms with Crippen LogP contribution in [0.5, 0.6) is 0 Å². The van der Waals surface area contributed by atoms with Crippen LogP contribution in [0.15, 0.2) is 30.6 Å². The lowest BCUT2D eigenvalue weighted by atomic mass is 10.1. The van der Waals surface area contributed by atoms with Crippen molar-refractivity contribution in [1.29, 1.82) is 0 Å². The van der Waals surface area contributed by atoms with E-state index in [1.54, 1.807) is 12.4 Å². The van der Waals surface area contributed by atoms with E-state index < -0.39 is 0 Å². The van der Waals surface area contributed by atoms with Crippen molar-refractivity contribution >= 4 is 23.2 Å². The van der Waals surface area contributed by atoms with Crippen LogP contribution in [0.2, 0.25) is 10.2 Å². The second-order valence-electron chi connectivity index (χ2n) is 3.18. The smallest absolute Gasteiger partial charge is 0.155 e. The lowest BCUT2D eigenvalue weighted by molar-refractivity contribution is 1.20. The van der Waals surface area contributed by atoms with Gasteiger partial charge in [0.1, 0.15) is 5.69 Å². The first-order chi connectivity index (χ1) is 7.18. The zero-order valence-electron chi connectivity index (χ0n) is 8.04. The molecule has 0 saturated heterocycles. The number of hydrogen-bond acceptors (Lipinski definition) is 2. The fourth-order valence-corrected chi connectivity index (χ4v) is 1.74. The minimum absolute atomic E-state index is 0.366. The Morgan fingerprint density at radius 1 is 1.07 bits per heavy atom. The van der Waals surface area contributed by atoms with Gasteiger partial charge in [-0.15, -0.1) is 0 Å². The molecule has 2 nitrogen and oxygen atoms in total. The van der Waals surface area contributed by atoms with Gasteiger partial charge in [-0.25, -0.2) is 4.98 Å². The van der Waals surface area contributed by atoms with Gasteiger partial charge in [-0.2, -0.15) is 0 Å². The predicted octanol–water partition coefficient (Wildman–Crippen LogP) is 3.76. The molecule has 0 radical (unpaired) electrons. The van der Waals surface area contributed by atoms with Gasteiger partial charge in [-0.1, -0.05) is 34.8 Å². The summed E-state index contributed by atoms with van der Waals surface area (Å²) in [6.07, 6.45) is 3.15. The minimum atomic E-state index is 0.366. The lowest BCUT2D eigenvalue weighted by Crippen LogP contribution is -1.89. The van der Waals surface area contributed by atoms with Crippen LogP contribution in [0.1, 0.15) is 5.56 Å². The molecule has 76 valence electrons. The molecule has 2 aromatic rings. The highest BCUT2D eigenvalue weighted by molar-refractivity contribution is 6.35. The average molecular weight is 239 g/mol. The largest absolute Gasteiger partial charge is 0.251 e. The van der Waals surface area contributed by atoms with Gasteiger partial charge in [0.25, 0.3) is 0 Å². The molecule has 0 aliphatic rings. The molecule has 0 atom stereocenters. The van der Waals surface area contributed by atoms with Crippen molar-refractivity contribution in [3.8, 4) is 11.3 Å². The van der Waals surface area contributed by atoms with E-state index in [2.05, 4.69) is 9.97 Å². The first-order valence-electron chi connectivity index (χ1n) is 4.41. The Morgan fingerprint density at radius 2 is 1.80 bits per heavy atom. The van der Waals surface area contributed by atoms with Gasteiger partial charge in [0.05, 0.1) is 5.02 Å². The molecule has 15 heavy (non-hydrogen) atoms. The summed E-state index contributed by atoms with van der Waals surface area (Å²) < 4.78 is 0. The second kappa shape index (κ2) is 4.17. The third kappa shape index (κ3) is 2.11. The third-order valence-electron chi connectivity index (χ3n) is 2.03. The van der Waals surface area contributed by atoms with E-state index >= 15 is 0 Å². The highest BCUT2D eigenvalue weighted by Crippen LogP contribution is 2.30. The van der Waals surface area contributed by atoms with Crippen molar-refractivity contribution in [1.82, 2.24) is 9.97 Å². The van der Waals surface area contributed by atoms with Crippen LogP contribution in [0.25, 0.3) is 11.3 Å². The van der Waals surface area contributed by atoms with Gasteiger partial charge < -0.3 is 0 Å². The first-order valence-corrected chi connectivity index (χ1v) is 5.17. The monoisotopic (exact) mass is 238 g/mol. The van der Waals surface area contributed by atoms with Gasteiger partial charge in [0.2, 0.25) is 0 Å². The van der Waals surface area contributed by atoms with Gasteiger partial charge in [-0.3, -0.25) is 4.98 Å². The molecule has 0 fully saturated rings. The van der Waals surface area contributed by atoms with E-state index in [9.17, 15) is 0 Å². The minimum Gasteiger partial charge on any atom is -0.251 e. The lowest BCUT2D eigenvalue weighted by Gasteiger charge is -2.05. The van der Waals surface area contributed by atoms with Gasteiger partial charge in [0.15, 0.2) is 5.15 Å². The topological polar surface area (TPSA) is 25.8 Å². The molecule has 1 aromatic carbocycles. The summed E-state index contributed by atoms with van der Waals surface area (Å²) in [5.41, 5.74) is 2.54. The number of hydrogen-bond donors (Lipinski definition) is 0. The summed E-state index contributed by atoms with van der Waals surface area (Å²) in [5, 5.41) is 0.994. The van der Waals surface area contributed by atoms with Gasteiger partial charge >= 0.3 is 0 Å². The fraction of sp³-hybridized carbons (Fsp3) is 0.0909. The molecule has 0 saturated carbocycles. The Balaban J connectivity index is 2.64. The van der Waals surface area contributed by atoms with E-state index in [1.165, 1.54) is 0 Å². The molecular weight excluding hydrogens is 231 g/mol. The molecule has 0 aliphatic carbocycles. The van der Waals surface area contributed by atoms with Crippen LogP contribution in [0, 0.1) is 6.92 Å². The summed E-state index contributed by atoms with van der Waals surface area (Å²) in [7, 11) is 0. The van der Waals surface area contributed by atoms with Crippen molar-refractivity contribution in [2.75, 3.05) is 0 Å². The van der Waals surface area contributed by atoms with Crippen LogP contribution in [-0.4, -0.2) is 9.97 Å². The van der Waals surface area contributed by atoms with Crippen LogP contribution in [0.4, 0.5) is 0 Å². The fourth-order valence-electron chi connectivity index (χ4n) is 1.32. The highest BCUT2D eigenvalue weighted by atomic mass is 35.5. The molecule has 0 aliphatic heterocycles. The Bertz CT molecular complexity index is 498. The normalized spacial score (nSPS) is 10.3. The van der Waals surface area contributed by atoms with E-state index in [4.69, 9.17) is 23.2 Å². The van der Waals surface area contributed by atoms with Crippen molar-refractivity contribution in [3.05, 3.63) is 46.3 Å². The standard InChI is InChI=1S/C11H8Cl2N2/c1-7-2-3-9(12)8(6-7)10-11(13)15-5-4-14-10/h2-6H,1H3. The SMILES string of the molecule is Cc1ccc(Cl)c(-c2nccnc2Cl)c1. The maximum atomic E-state index is 6.08. The summed E-state index contributed by atoms with van der Waals surface area (Å²) in [6, 6.07) is 5.71. The maximum absolute atomic E-state index is 6.08. The van der Waals surface area contributed by atoms with Crippen LogP contribution >= 0.6 is 23.2 Å².